The first-order valence-corrected chi connectivity index (χ1v) is 29.3. The minimum Gasteiger partial charge on any atom is -0.462 e. The van der Waals surface area contributed by atoms with Crippen LogP contribution >= 0.6 is 0 Å². The summed E-state index contributed by atoms with van der Waals surface area (Å²) in [5.41, 5.74) is 0. The third kappa shape index (κ3) is 24.6. The van der Waals surface area contributed by atoms with E-state index in [4.69, 9.17) is 42.6 Å². The molecule has 0 spiro atoms. The molecule has 0 aromatic heterocycles. The molecule has 0 amide bonds. The van der Waals surface area contributed by atoms with Crippen LogP contribution in [0.3, 0.4) is 0 Å². The van der Waals surface area contributed by atoms with Crippen LogP contribution in [0.4, 0.5) is 0 Å². The number of epoxide rings is 6. The van der Waals surface area contributed by atoms with Crippen LogP contribution in [-0.2, 0) is 57.0 Å². The Bertz CT molecular complexity index is 1360. The van der Waals surface area contributed by atoms with Crippen molar-refractivity contribution in [3.05, 3.63) is 0 Å². The van der Waals surface area contributed by atoms with Crippen LogP contribution in [0.5, 0.6) is 0 Å². The molecule has 6 rings (SSSR count). The Hall–Kier alpha value is -1.83. The number of carbonyl (C=O) groups is 3. The first-order valence-electron chi connectivity index (χ1n) is 29.3. The van der Waals surface area contributed by atoms with Crippen LogP contribution in [0.25, 0.3) is 0 Å². The van der Waals surface area contributed by atoms with Gasteiger partial charge in [-0.2, -0.15) is 0 Å². The maximum atomic E-state index is 12.9. The van der Waals surface area contributed by atoms with Crippen LogP contribution in [0, 0.1) is 0 Å². The zero-order chi connectivity index (χ0) is 48.5. The van der Waals surface area contributed by atoms with Crippen molar-refractivity contribution in [1.29, 1.82) is 0 Å². The molecule has 398 valence electrons. The molecule has 0 bridgehead atoms. The molecule has 12 unspecified atom stereocenters. The zero-order valence-electron chi connectivity index (χ0n) is 43.8. The smallest absolute Gasteiger partial charge is 0.306 e. The van der Waals surface area contributed by atoms with Crippen LogP contribution < -0.4 is 0 Å². The second-order valence-corrected chi connectivity index (χ2v) is 21.9. The highest BCUT2D eigenvalue weighted by Gasteiger charge is 2.49. The number of unbranched alkanes of at least 4 members (excludes halogenated alkanes) is 18. The average Bonchev–Trinajstić information content (AvgIpc) is 4.08. The molecule has 0 aliphatic carbocycles. The van der Waals surface area contributed by atoms with Gasteiger partial charge >= 0.3 is 17.9 Å². The molecule has 12 nitrogen and oxygen atoms in total. The van der Waals surface area contributed by atoms with Crippen molar-refractivity contribution in [2.45, 2.75) is 331 Å². The van der Waals surface area contributed by atoms with Crippen molar-refractivity contribution < 1.29 is 57.0 Å². The van der Waals surface area contributed by atoms with Gasteiger partial charge in [-0.1, -0.05) is 156 Å². The van der Waals surface area contributed by atoms with Gasteiger partial charge in [-0.3, -0.25) is 14.4 Å². The van der Waals surface area contributed by atoms with Crippen LogP contribution in [0.2, 0.25) is 0 Å². The molecule has 0 aromatic rings. The van der Waals surface area contributed by atoms with Crippen LogP contribution in [0.15, 0.2) is 0 Å². The number of hydrogen-bond acceptors (Lipinski definition) is 12. The monoisotopic (exact) mass is 975 g/mol. The first kappa shape index (κ1) is 56.5. The van der Waals surface area contributed by atoms with Gasteiger partial charge in [0.1, 0.15) is 13.2 Å². The van der Waals surface area contributed by atoms with Crippen molar-refractivity contribution in [3.8, 4) is 0 Å². The lowest BCUT2D eigenvalue weighted by Gasteiger charge is -2.18. The van der Waals surface area contributed by atoms with Crippen molar-refractivity contribution in [3.63, 3.8) is 0 Å². The van der Waals surface area contributed by atoms with Gasteiger partial charge in [0.15, 0.2) is 6.10 Å². The van der Waals surface area contributed by atoms with E-state index < -0.39 is 6.10 Å². The van der Waals surface area contributed by atoms with Gasteiger partial charge in [0.25, 0.3) is 0 Å². The lowest BCUT2D eigenvalue weighted by Crippen LogP contribution is -2.30. The molecule has 0 radical (unpaired) electrons. The van der Waals surface area contributed by atoms with Crippen LogP contribution in [0.1, 0.15) is 252 Å². The lowest BCUT2D eigenvalue weighted by atomic mass is 10.0. The lowest BCUT2D eigenvalue weighted by molar-refractivity contribution is -0.167. The standard InChI is InChI=1S/C57H98O12/c1-4-7-19-28-43-49(64-43)37-52-46(67-52)31-22-13-10-16-25-34-55(58)61-40-42(63-57(60)36-27-18-12-15-24-33-48-54(69-48)39-51-45(66-51)30-21-9-6-3)41-62-56(59)35-26-17-11-14-23-32-47-53(68-47)38-50-44(65-50)29-20-8-5-2/h42-54H,4-41H2,1-3H3. The molecule has 6 aliphatic heterocycles. The predicted molar refractivity (Wildman–Crippen MR) is 267 cm³/mol. The van der Waals surface area contributed by atoms with Gasteiger partial charge < -0.3 is 42.6 Å². The van der Waals surface area contributed by atoms with Crippen molar-refractivity contribution in [2.24, 2.45) is 0 Å². The van der Waals surface area contributed by atoms with E-state index in [1.54, 1.807) is 0 Å². The predicted octanol–water partition coefficient (Wildman–Crippen LogP) is 12.7. The Morgan fingerprint density at radius 3 is 0.855 bits per heavy atom. The topological polar surface area (TPSA) is 154 Å². The van der Waals surface area contributed by atoms with E-state index in [0.29, 0.717) is 86.1 Å². The Labute approximate surface area is 418 Å². The SMILES string of the molecule is CCCCCC1OC1CC1OC1CCCCCCCC(=O)OCC(COC(=O)CCCCCCCC1OC1CC1OC1CCCCC)OC(=O)CCCCCCCC1OC1CC1OC1CCCCC. The number of hydrogen-bond donors (Lipinski definition) is 0. The molecular formula is C57H98O12. The average molecular weight is 975 g/mol. The van der Waals surface area contributed by atoms with Gasteiger partial charge in [-0.05, 0) is 57.8 Å². The summed E-state index contributed by atoms with van der Waals surface area (Å²) in [5.74, 6) is -0.966. The summed E-state index contributed by atoms with van der Waals surface area (Å²) in [6.45, 7) is 6.49. The molecule has 0 N–H and O–H groups in total. The molecule has 12 atom stereocenters. The normalized spacial score (nSPS) is 29.6. The maximum absolute atomic E-state index is 12.9. The molecule has 69 heavy (non-hydrogen) atoms. The summed E-state index contributed by atoms with van der Waals surface area (Å²) in [4.78, 5) is 38.4. The number of esters is 3. The van der Waals surface area contributed by atoms with Gasteiger partial charge in [0, 0.05) is 38.5 Å². The number of carbonyl (C=O) groups excluding carboxylic acids is 3. The maximum Gasteiger partial charge on any atom is 0.306 e. The van der Waals surface area contributed by atoms with Crippen molar-refractivity contribution in [2.75, 3.05) is 13.2 Å². The Morgan fingerprint density at radius 1 is 0.319 bits per heavy atom. The molecule has 6 aliphatic rings. The summed E-state index contributed by atoms with van der Waals surface area (Å²) in [5, 5.41) is 0. The Kier molecular flexibility index (Phi) is 26.5. The summed E-state index contributed by atoms with van der Waals surface area (Å²) < 4.78 is 52.2. The molecule has 0 aromatic carbocycles. The van der Waals surface area contributed by atoms with E-state index in [1.807, 2.05) is 0 Å². The van der Waals surface area contributed by atoms with Gasteiger partial charge in [-0.25, -0.2) is 0 Å². The molecule has 6 fully saturated rings. The van der Waals surface area contributed by atoms with Gasteiger partial charge in [-0.15, -0.1) is 0 Å². The first-order chi connectivity index (χ1) is 33.8. The highest BCUT2D eigenvalue weighted by atomic mass is 16.6. The quantitative estimate of drug-likeness (QED) is 0.0247. The van der Waals surface area contributed by atoms with E-state index in [-0.39, 0.29) is 37.5 Å². The summed E-state index contributed by atoms with van der Waals surface area (Å²) >= 11 is 0. The fraction of sp³-hybridized carbons (Fsp3) is 0.947. The summed E-state index contributed by atoms with van der Waals surface area (Å²) in [6, 6.07) is 0. The van der Waals surface area contributed by atoms with E-state index >= 15 is 0 Å². The third-order valence-corrected chi connectivity index (χ3v) is 15.6. The molecular weight excluding hydrogens is 877 g/mol. The zero-order valence-corrected chi connectivity index (χ0v) is 43.8. The highest BCUT2D eigenvalue weighted by molar-refractivity contribution is 5.71. The fourth-order valence-electron chi connectivity index (χ4n) is 10.6. The van der Waals surface area contributed by atoms with Crippen molar-refractivity contribution in [1.82, 2.24) is 0 Å². The number of ether oxygens (including phenoxy) is 9. The molecule has 0 saturated carbocycles. The van der Waals surface area contributed by atoms with E-state index in [9.17, 15) is 14.4 Å². The molecule has 6 saturated heterocycles. The van der Waals surface area contributed by atoms with E-state index in [1.165, 1.54) is 77.0 Å². The second-order valence-electron chi connectivity index (χ2n) is 21.9. The molecule has 12 heteroatoms. The summed E-state index contributed by atoms with van der Waals surface area (Å²) in [6.07, 6.45) is 41.7. The van der Waals surface area contributed by atoms with Gasteiger partial charge in [0.05, 0.1) is 73.2 Å². The van der Waals surface area contributed by atoms with Crippen molar-refractivity contribution >= 4 is 17.9 Å². The van der Waals surface area contributed by atoms with E-state index in [2.05, 4.69) is 20.8 Å². The Balaban J connectivity index is 0.766. The minimum atomic E-state index is -0.816. The molecule has 6 heterocycles. The Morgan fingerprint density at radius 2 is 0.565 bits per heavy atom. The highest BCUT2D eigenvalue weighted by Crippen LogP contribution is 2.41. The second kappa shape index (κ2) is 32.4. The number of rotatable bonds is 47. The summed E-state index contributed by atoms with van der Waals surface area (Å²) in [7, 11) is 0. The fourth-order valence-corrected chi connectivity index (χ4v) is 10.6. The minimum absolute atomic E-state index is 0.110. The third-order valence-electron chi connectivity index (χ3n) is 15.6. The van der Waals surface area contributed by atoms with Gasteiger partial charge in [0.2, 0.25) is 0 Å². The van der Waals surface area contributed by atoms with E-state index in [0.717, 1.165) is 135 Å². The largest absolute Gasteiger partial charge is 0.462 e. The van der Waals surface area contributed by atoms with Crippen LogP contribution in [-0.4, -0.2) is 110 Å².